The Hall–Kier alpha value is -4.68. The van der Waals surface area contributed by atoms with Crippen molar-refractivity contribution in [1.29, 1.82) is 0 Å². The number of thiocarbonyl (C=S) groups is 1. The van der Waals surface area contributed by atoms with E-state index in [1.807, 2.05) is 48.3 Å². The van der Waals surface area contributed by atoms with Crippen LogP contribution in [0.4, 0.5) is 0 Å². The van der Waals surface area contributed by atoms with E-state index in [1.54, 1.807) is 0 Å². The van der Waals surface area contributed by atoms with Crippen LogP contribution >= 0.6 is 12.2 Å². The van der Waals surface area contributed by atoms with Crippen LogP contribution in [0.25, 0.3) is 22.5 Å². The van der Waals surface area contributed by atoms with Crippen molar-refractivity contribution in [2.45, 2.75) is 70.6 Å². The Balaban J connectivity index is 1.28. The highest BCUT2D eigenvalue weighted by Crippen LogP contribution is 2.39. The Morgan fingerprint density at radius 3 is 1.63 bits per heavy atom. The zero-order chi connectivity index (χ0) is 34.4. The fourth-order valence-electron chi connectivity index (χ4n) is 7.31. The molecular formula is C43H48N4OS. The summed E-state index contributed by atoms with van der Waals surface area (Å²) in [4.78, 5) is 16.4. The average Bonchev–Trinajstić information content (AvgIpc) is 3.57. The van der Waals surface area contributed by atoms with E-state index < -0.39 is 11.5 Å². The van der Waals surface area contributed by atoms with Gasteiger partial charge in [-0.15, -0.1) is 0 Å². The first-order valence-corrected chi connectivity index (χ1v) is 17.9. The van der Waals surface area contributed by atoms with Gasteiger partial charge < -0.3 is 20.1 Å². The fourth-order valence-corrected chi connectivity index (χ4v) is 7.58. The number of aromatic nitrogens is 1. The van der Waals surface area contributed by atoms with Crippen LogP contribution < -0.4 is 10.6 Å². The number of nitrogens with one attached hydrogen (secondary N) is 2. The maximum atomic E-state index is 14.5. The molecule has 4 aromatic carbocycles. The first-order chi connectivity index (χ1) is 23.7. The van der Waals surface area contributed by atoms with Crippen LogP contribution in [0.2, 0.25) is 0 Å². The van der Waals surface area contributed by atoms with Gasteiger partial charge in [-0.25, -0.2) is 0 Å². The molecule has 0 aliphatic heterocycles. The fraction of sp³-hybridized carbons (Fsp3) is 0.302. The van der Waals surface area contributed by atoms with E-state index >= 15 is 0 Å². The van der Waals surface area contributed by atoms with E-state index in [0.717, 1.165) is 36.8 Å². The van der Waals surface area contributed by atoms with E-state index in [2.05, 4.69) is 133 Å². The van der Waals surface area contributed by atoms with Gasteiger partial charge in [0.1, 0.15) is 6.04 Å². The van der Waals surface area contributed by atoms with E-state index in [1.165, 1.54) is 22.5 Å². The lowest BCUT2D eigenvalue weighted by atomic mass is 9.85. The zero-order valence-corrected chi connectivity index (χ0v) is 29.9. The molecule has 49 heavy (non-hydrogen) atoms. The largest absolute Gasteiger partial charge is 0.358 e. The lowest BCUT2D eigenvalue weighted by Crippen LogP contribution is -2.58. The lowest BCUT2D eigenvalue weighted by molar-refractivity contribution is -0.135. The number of carbonyl (C=O) groups is 1. The number of rotatable bonds is 9. The SMILES string of the molecule is CN(C(=O)C(NC(=S)NC1CCCCC1n1c(-c2ccccc2)ccc1-c1ccccc1)C(C)(C)C)C(c1ccccc1)c1ccccc1. The van der Waals surface area contributed by atoms with Gasteiger partial charge >= 0.3 is 0 Å². The predicted octanol–water partition coefficient (Wildman–Crippen LogP) is 9.43. The summed E-state index contributed by atoms with van der Waals surface area (Å²) in [5, 5.41) is 7.77. The number of benzene rings is 4. The third kappa shape index (κ3) is 7.81. The highest BCUT2D eigenvalue weighted by atomic mass is 32.1. The molecule has 1 amide bonds. The monoisotopic (exact) mass is 668 g/mol. The molecule has 0 radical (unpaired) electrons. The number of carbonyl (C=O) groups excluding carboxylic acids is 1. The molecule has 1 aromatic heterocycles. The van der Waals surface area contributed by atoms with E-state index in [4.69, 9.17) is 12.2 Å². The molecule has 5 aromatic rings. The molecule has 6 rings (SSSR count). The third-order valence-corrected chi connectivity index (χ3v) is 10.0. The van der Waals surface area contributed by atoms with Gasteiger partial charge in [-0.2, -0.15) is 0 Å². The molecule has 2 N–H and O–H groups in total. The van der Waals surface area contributed by atoms with Crippen molar-refractivity contribution >= 4 is 23.2 Å². The molecular weight excluding hydrogens is 621 g/mol. The van der Waals surface area contributed by atoms with E-state index in [9.17, 15) is 4.79 Å². The van der Waals surface area contributed by atoms with Gasteiger partial charge in [0.25, 0.3) is 0 Å². The van der Waals surface area contributed by atoms with Crippen molar-refractivity contribution < 1.29 is 4.79 Å². The number of likely N-dealkylation sites (N-methyl/N-ethyl adjacent to an activating group) is 1. The Morgan fingerprint density at radius 2 is 1.16 bits per heavy atom. The third-order valence-electron chi connectivity index (χ3n) is 9.79. The van der Waals surface area contributed by atoms with Crippen molar-refractivity contribution in [3.8, 4) is 22.5 Å². The average molecular weight is 669 g/mol. The van der Waals surface area contributed by atoms with Gasteiger partial charge in [-0.05, 0) is 64.9 Å². The normalized spacial score (nSPS) is 16.9. The minimum atomic E-state index is -0.541. The first kappa shape index (κ1) is 34.2. The molecule has 1 saturated carbocycles. The van der Waals surface area contributed by atoms with Gasteiger partial charge in [0.15, 0.2) is 5.11 Å². The molecule has 1 heterocycles. The van der Waals surface area contributed by atoms with Crippen LogP contribution in [-0.2, 0) is 4.79 Å². The smallest absolute Gasteiger partial charge is 0.246 e. The topological polar surface area (TPSA) is 49.3 Å². The summed E-state index contributed by atoms with van der Waals surface area (Å²) in [5.74, 6) is -0.00214. The van der Waals surface area contributed by atoms with Crippen molar-refractivity contribution in [2.75, 3.05) is 7.05 Å². The van der Waals surface area contributed by atoms with Crippen LogP contribution in [-0.4, -0.2) is 39.6 Å². The first-order valence-electron chi connectivity index (χ1n) is 17.5. The van der Waals surface area contributed by atoms with Gasteiger partial charge in [0.05, 0.1) is 12.1 Å². The van der Waals surface area contributed by atoms with Crippen LogP contribution in [0.15, 0.2) is 133 Å². The molecule has 0 spiro atoms. The summed E-state index contributed by atoms with van der Waals surface area (Å²) >= 11 is 6.07. The number of hydrogen-bond acceptors (Lipinski definition) is 2. The minimum absolute atomic E-state index is 0.00214. The van der Waals surface area contributed by atoms with Gasteiger partial charge in [-0.3, -0.25) is 4.79 Å². The minimum Gasteiger partial charge on any atom is -0.358 e. The second kappa shape index (κ2) is 15.3. The van der Waals surface area contributed by atoms with Gasteiger partial charge in [0.2, 0.25) is 5.91 Å². The van der Waals surface area contributed by atoms with Crippen molar-refractivity contribution in [2.24, 2.45) is 5.41 Å². The van der Waals surface area contributed by atoms with Crippen molar-refractivity contribution in [3.63, 3.8) is 0 Å². The second-order valence-electron chi connectivity index (χ2n) is 14.3. The van der Waals surface area contributed by atoms with E-state index in [0.29, 0.717) is 5.11 Å². The molecule has 1 aliphatic carbocycles. The molecule has 252 valence electrons. The van der Waals surface area contributed by atoms with Crippen LogP contribution in [0.5, 0.6) is 0 Å². The standard InChI is InChI=1S/C43H48N4OS/c1-43(2,3)40(41(48)46(4)39(33-23-13-7-14-24-33)34-25-15-8-16-26-34)45-42(49)44-35-27-17-18-28-38(35)47-36(31-19-9-5-10-20-31)29-30-37(47)32-21-11-6-12-22-32/h5-16,19-26,29-30,35,38-40H,17-18,27-28H2,1-4H3,(H2,44,45,49). The predicted molar refractivity (Wildman–Crippen MR) is 206 cm³/mol. The summed E-state index contributed by atoms with van der Waals surface area (Å²) in [5.41, 5.74) is 6.53. The Kier molecular flexibility index (Phi) is 10.6. The Bertz CT molecular complexity index is 1720. The summed E-state index contributed by atoms with van der Waals surface area (Å²) in [7, 11) is 1.91. The molecule has 1 fully saturated rings. The highest BCUT2D eigenvalue weighted by molar-refractivity contribution is 7.80. The lowest BCUT2D eigenvalue weighted by Gasteiger charge is -2.40. The Labute approximate surface area is 297 Å². The van der Waals surface area contributed by atoms with E-state index in [-0.39, 0.29) is 24.0 Å². The van der Waals surface area contributed by atoms with Crippen molar-refractivity contribution in [3.05, 3.63) is 145 Å². The van der Waals surface area contributed by atoms with Crippen molar-refractivity contribution in [1.82, 2.24) is 20.1 Å². The maximum Gasteiger partial charge on any atom is 0.246 e. The summed E-state index contributed by atoms with van der Waals surface area (Å²) in [6, 6.07) is 45.8. The number of nitrogens with zero attached hydrogens (tertiary/aromatic N) is 2. The molecule has 1 aliphatic rings. The molecule has 5 nitrogen and oxygen atoms in total. The Morgan fingerprint density at radius 1 is 0.714 bits per heavy atom. The molecule has 6 heteroatoms. The summed E-state index contributed by atoms with van der Waals surface area (Å²) in [6.45, 7) is 6.29. The molecule has 3 unspecified atom stereocenters. The zero-order valence-electron chi connectivity index (χ0n) is 29.1. The van der Waals surface area contributed by atoms with Gasteiger partial charge in [-0.1, -0.05) is 155 Å². The van der Waals surface area contributed by atoms with Crippen LogP contribution in [0.1, 0.15) is 69.7 Å². The van der Waals surface area contributed by atoms with Gasteiger partial charge in [0, 0.05) is 24.5 Å². The van der Waals surface area contributed by atoms with Crippen LogP contribution in [0, 0.1) is 5.41 Å². The molecule has 0 bridgehead atoms. The number of hydrogen-bond donors (Lipinski definition) is 2. The quantitative estimate of drug-likeness (QED) is 0.154. The van der Waals surface area contributed by atoms with Crippen LogP contribution in [0.3, 0.4) is 0 Å². The molecule has 3 atom stereocenters. The second-order valence-corrected chi connectivity index (χ2v) is 14.7. The molecule has 0 saturated heterocycles. The summed E-state index contributed by atoms with van der Waals surface area (Å²) in [6.07, 6.45) is 4.30. The summed E-state index contributed by atoms with van der Waals surface area (Å²) < 4.78 is 2.52. The maximum absolute atomic E-state index is 14.5. The highest BCUT2D eigenvalue weighted by Gasteiger charge is 2.38. The number of amides is 1.